The molecule has 3 N–H and O–H groups in total. The van der Waals surface area contributed by atoms with Gasteiger partial charge in [0.1, 0.15) is 12.1 Å². The zero-order valence-electron chi connectivity index (χ0n) is 24.2. The monoisotopic (exact) mass is 567 g/mol. The van der Waals surface area contributed by atoms with Gasteiger partial charge in [0.25, 0.3) is 16.1 Å². The van der Waals surface area contributed by atoms with Gasteiger partial charge in [-0.1, -0.05) is 46.8 Å². The fourth-order valence-electron chi connectivity index (χ4n) is 5.17. The van der Waals surface area contributed by atoms with Crippen LogP contribution in [0.3, 0.4) is 0 Å². The van der Waals surface area contributed by atoms with E-state index >= 15 is 0 Å². The summed E-state index contributed by atoms with van der Waals surface area (Å²) in [7, 11) is -1.22. The van der Waals surface area contributed by atoms with Gasteiger partial charge in [-0.25, -0.2) is 0 Å². The molecule has 39 heavy (non-hydrogen) atoms. The lowest BCUT2D eigenvalue weighted by molar-refractivity contribution is -0.145. The molecule has 1 heterocycles. The highest BCUT2D eigenvalue weighted by Crippen LogP contribution is 2.65. The van der Waals surface area contributed by atoms with Gasteiger partial charge in [-0.05, 0) is 41.9 Å². The van der Waals surface area contributed by atoms with Crippen LogP contribution in [0, 0.1) is 22.7 Å². The van der Waals surface area contributed by atoms with Gasteiger partial charge in [-0.2, -0.15) is 17.4 Å². The summed E-state index contributed by atoms with van der Waals surface area (Å²) in [4.78, 5) is 54.4. The van der Waals surface area contributed by atoms with Crippen LogP contribution in [-0.4, -0.2) is 86.4 Å². The molecule has 0 aromatic rings. The molecule has 0 aromatic heterocycles. The van der Waals surface area contributed by atoms with Crippen LogP contribution in [0.25, 0.3) is 0 Å². The second-order valence-corrected chi connectivity index (χ2v) is 14.1. The number of carbonyl (C=O) groups is 4. The first kappa shape index (κ1) is 32.6. The molecule has 1 aliphatic carbocycles. The quantitative estimate of drug-likeness (QED) is 0.162. The van der Waals surface area contributed by atoms with Crippen molar-refractivity contribution in [3.63, 3.8) is 0 Å². The number of carbonyl (C=O) groups excluding carboxylic acids is 4. The third-order valence-electron chi connectivity index (χ3n) is 7.77. The lowest BCUT2D eigenvalue weighted by Gasteiger charge is -2.38. The van der Waals surface area contributed by atoms with Gasteiger partial charge in [0.2, 0.25) is 17.6 Å². The zero-order valence-corrected chi connectivity index (χ0v) is 25.1. The molecular formula is C27H45N5O6S. The molecule has 0 bridgehead atoms. The first-order chi connectivity index (χ1) is 17.9. The van der Waals surface area contributed by atoms with E-state index in [4.69, 9.17) is 0 Å². The molecule has 0 spiro atoms. The number of rotatable bonds is 14. The zero-order chi connectivity index (χ0) is 29.9. The number of amides is 3. The van der Waals surface area contributed by atoms with E-state index in [1.54, 1.807) is 32.9 Å². The van der Waals surface area contributed by atoms with Gasteiger partial charge in [0.05, 0.1) is 6.04 Å². The third-order valence-corrected chi connectivity index (χ3v) is 9.27. The number of nitrogens with zero attached hydrogens (tertiary/aromatic N) is 2. The summed E-state index contributed by atoms with van der Waals surface area (Å²) in [6, 6.07) is -3.13. The average Bonchev–Trinajstić information content (AvgIpc) is 3.17. The van der Waals surface area contributed by atoms with Crippen molar-refractivity contribution in [2.24, 2.45) is 22.7 Å². The summed E-state index contributed by atoms with van der Waals surface area (Å²) in [5.74, 6) is -2.74. The molecule has 1 saturated carbocycles. The van der Waals surface area contributed by atoms with Crippen molar-refractivity contribution in [3.05, 3.63) is 25.3 Å². The van der Waals surface area contributed by atoms with E-state index in [-0.39, 0.29) is 36.8 Å². The van der Waals surface area contributed by atoms with Crippen LogP contribution in [0.15, 0.2) is 25.3 Å². The summed E-state index contributed by atoms with van der Waals surface area (Å²) in [6.45, 7) is 17.1. The Morgan fingerprint density at radius 1 is 1.10 bits per heavy atom. The molecule has 1 saturated heterocycles. The normalized spacial score (nSPS) is 23.4. The topological polar surface area (TPSA) is 145 Å². The molecule has 2 rings (SSSR count). The molecule has 2 unspecified atom stereocenters. The van der Waals surface area contributed by atoms with Gasteiger partial charge in [0.15, 0.2) is 0 Å². The highest BCUT2D eigenvalue weighted by atomic mass is 32.2. The van der Waals surface area contributed by atoms with Crippen LogP contribution in [0.2, 0.25) is 0 Å². The van der Waals surface area contributed by atoms with Gasteiger partial charge >= 0.3 is 0 Å². The molecule has 0 radical (unpaired) electrons. The maximum atomic E-state index is 13.9. The minimum atomic E-state index is -3.95. The summed E-state index contributed by atoms with van der Waals surface area (Å²) >= 11 is 0. The molecule has 220 valence electrons. The number of hydrogen-bond acceptors (Lipinski definition) is 6. The predicted molar refractivity (Wildman–Crippen MR) is 149 cm³/mol. The van der Waals surface area contributed by atoms with Crippen LogP contribution in [0.1, 0.15) is 53.9 Å². The fraction of sp³-hybridized carbons (Fsp3) is 0.704. The lowest BCUT2D eigenvalue weighted by Crippen LogP contribution is -2.61. The third kappa shape index (κ3) is 7.34. The number of nitrogens with one attached hydrogen (secondary N) is 3. The number of likely N-dealkylation sites (tertiary alicyclic amines) is 1. The second-order valence-electron chi connectivity index (χ2n) is 12.2. The van der Waals surface area contributed by atoms with Crippen LogP contribution in [0.4, 0.5) is 0 Å². The van der Waals surface area contributed by atoms with Crippen molar-refractivity contribution in [1.29, 1.82) is 0 Å². The van der Waals surface area contributed by atoms with Crippen molar-refractivity contribution in [3.8, 4) is 0 Å². The van der Waals surface area contributed by atoms with Gasteiger partial charge in [-0.3, -0.25) is 19.2 Å². The molecule has 3 amide bonds. The van der Waals surface area contributed by atoms with Crippen LogP contribution in [-0.2, 0) is 29.4 Å². The van der Waals surface area contributed by atoms with Crippen LogP contribution >= 0.6 is 0 Å². The van der Waals surface area contributed by atoms with E-state index in [2.05, 4.69) is 28.5 Å². The second kappa shape index (κ2) is 12.3. The molecule has 11 nitrogen and oxygen atoms in total. The number of Topliss-reactive ketones (excluding diaryl/α,β-unsaturated/α-hetero) is 1. The standard InChI is InChI=1S/C27H45N5O6S/c1-10-12-14-18(21(33)24(35)28-15-13-11-2)29-23(34)20-19-17(27(19,6)7)16-32(20)25(36)22(26(3,4)5)30-39(37,38)31(8)9/h10-11,17-20,22,30H,1-2,12-16H2,3-9H3,(H,28,35)(H,29,34)/t17?,18?,19-,20-,22+/m0/s1. The molecular weight excluding hydrogens is 522 g/mol. The van der Waals surface area contributed by atoms with E-state index in [1.807, 2.05) is 13.8 Å². The van der Waals surface area contributed by atoms with E-state index < -0.39 is 57.3 Å². The Balaban J connectivity index is 2.34. The van der Waals surface area contributed by atoms with Crippen molar-refractivity contribution < 1.29 is 27.6 Å². The highest BCUT2D eigenvalue weighted by Gasteiger charge is 2.70. The van der Waals surface area contributed by atoms with Crippen molar-refractivity contribution in [2.75, 3.05) is 27.2 Å². The Labute approximate surface area is 233 Å². The Morgan fingerprint density at radius 3 is 2.21 bits per heavy atom. The number of ketones is 1. The van der Waals surface area contributed by atoms with E-state index in [1.165, 1.54) is 19.0 Å². The molecule has 2 fully saturated rings. The Kier molecular flexibility index (Phi) is 10.3. The first-order valence-corrected chi connectivity index (χ1v) is 14.7. The first-order valence-electron chi connectivity index (χ1n) is 13.3. The van der Waals surface area contributed by atoms with Crippen molar-refractivity contribution in [1.82, 2.24) is 24.6 Å². The Morgan fingerprint density at radius 2 is 1.69 bits per heavy atom. The maximum Gasteiger partial charge on any atom is 0.289 e. The maximum absolute atomic E-state index is 13.9. The van der Waals surface area contributed by atoms with Gasteiger partial charge in [0, 0.05) is 27.2 Å². The number of piperidine rings is 1. The van der Waals surface area contributed by atoms with Crippen molar-refractivity contribution >= 4 is 33.7 Å². The number of allylic oxidation sites excluding steroid dienone is 1. The summed E-state index contributed by atoms with van der Waals surface area (Å²) < 4.78 is 28.8. The van der Waals surface area contributed by atoms with E-state index in [9.17, 15) is 27.6 Å². The average molecular weight is 568 g/mol. The van der Waals surface area contributed by atoms with E-state index in [0.29, 0.717) is 12.8 Å². The van der Waals surface area contributed by atoms with Crippen LogP contribution in [0.5, 0.6) is 0 Å². The minimum Gasteiger partial charge on any atom is -0.349 e. The minimum absolute atomic E-state index is 0.0489. The summed E-state index contributed by atoms with van der Waals surface area (Å²) in [5.41, 5.74) is -1.00. The Hall–Kier alpha value is -2.57. The van der Waals surface area contributed by atoms with Gasteiger partial charge < -0.3 is 15.5 Å². The smallest absolute Gasteiger partial charge is 0.289 e. The van der Waals surface area contributed by atoms with Crippen LogP contribution < -0.4 is 15.4 Å². The van der Waals surface area contributed by atoms with Gasteiger partial charge in [-0.15, -0.1) is 13.2 Å². The predicted octanol–water partition coefficient (Wildman–Crippen LogP) is 0.993. The highest BCUT2D eigenvalue weighted by molar-refractivity contribution is 7.87. The van der Waals surface area contributed by atoms with E-state index in [0.717, 1.165) is 4.31 Å². The number of fused-ring (bicyclic) bond motifs is 1. The lowest BCUT2D eigenvalue weighted by atomic mass is 9.86. The number of hydrogen-bond donors (Lipinski definition) is 3. The molecule has 12 heteroatoms. The SMILES string of the molecule is C=CCCNC(=O)C(=O)C(CCC=C)NC(=O)[C@@H]1[C@@H]2C(CN1C(=O)[C@@H](NS(=O)(=O)N(C)C)C(C)(C)C)C2(C)C. The summed E-state index contributed by atoms with van der Waals surface area (Å²) in [6.07, 6.45) is 4.27. The summed E-state index contributed by atoms with van der Waals surface area (Å²) in [5, 5.41) is 5.26. The largest absolute Gasteiger partial charge is 0.349 e. The molecule has 5 atom stereocenters. The molecule has 1 aliphatic heterocycles. The molecule has 2 aliphatic rings. The Bertz CT molecular complexity index is 1090. The molecule has 0 aromatic carbocycles. The van der Waals surface area contributed by atoms with Crippen molar-refractivity contribution in [2.45, 2.75) is 72.0 Å². The fourth-order valence-corrected chi connectivity index (χ4v) is 6.14.